The Morgan fingerprint density at radius 1 is 1.07 bits per heavy atom. The van der Waals surface area contributed by atoms with E-state index in [4.69, 9.17) is 23.2 Å². The van der Waals surface area contributed by atoms with Gasteiger partial charge in [0.15, 0.2) is 4.80 Å². The SMILES string of the molecule is Cn1c(=NC(=O)c2ccc(S(=O)(=O)N3CCCCC3)cc2)sc2cc(Cl)cc(Cl)c21. The minimum absolute atomic E-state index is 0.190. The maximum Gasteiger partial charge on any atom is 0.279 e. The van der Waals surface area contributed by atoms with Crippen LogP contribution in [0, 0.1) is 0 Å². The zero-order valence-corrected chi connectivity index (χ0v) is 19.3. The molecule has 0 N–H and O–H groups in total. The number of carbonyl (C=O) groups is 1. The third-order valence-electron chi connectivity index (χ3n) is 5.07. The molecule has 158 valence electrons. The molecule has 1 saturated heterocycles. The molecule has 1 aliphatic heterocycles. The normalized spacial score (nSPS) is 16.3. The average Bonchev–Trinajstić information content (AvgIpc) is 3.03. The first-order valence-electron chi connectivity index (χ1n) is 9.41. The Hall–Kier alpha value is -1.71. The first kappa shape index (κ1) is 21.5. The van der Waals surface area contributed by atoms with Crippen LogP contribution < -0.4 is 4.80 Å². The molecule has 1 fully saturated rings. The highest BCUT2D eigenvalue weighted by Gasteiger charge is 2.26. The van der Waals surface area contributed by atoms with Crippen LogP contribution in [0.15, 0.2) is 46.3 Å². The van der Waals surface area contributed by atoms with Gasteiger partial charge in [-0.2, -0.15) is 9.30 Å². The summed E-state index contributed by atoms with van der Waals surface area (Å²) in [5.41, 5.74) is 1.06. The van der Waals surface area contributed by atoms with Gasteiger partial charge in [-0.05, 0) is 49.2 Å². The van der Waals surface area contributed by atoms with Gasteiger partial charge in [-0.25, -0.2) is 8.42 Å². The summed E-state index contributed by atoms with van der Waals surface area (Å²) < 4.78 is 29.6. The third kappa shape index (κ3) is 4.07. The van der Waals surface area contributed by atoms with E-state index in [0.29, 0.717) is 33.5 Å². The number of hydrogen-bond acceptors (Lipinski definition) is 4. The fraction of sp³-hybridized carbons (Fsp3) is 0.300. The number of hydrogen-bond donors (Lipinski definition) is 0. The molecule has 4 rings (SSSR count). The summed E-state index contributed by atoms with van der Waals surface area (Å²) in [5, 5.41) is 0.996. The minimum Gasteiger partial charge on any atom is -0.318 e. The molecule has 1 aliphatic rings. The van der Waals surface area contributed by atoms with E-state index in [1.54, 1.807) is 23.7 Å². The number of piperidine rings is 1. The summed E-state index contributed by atoms with van der Waals surface area (Å²) in [6.45, 7) is 1.07. The van der Waals surface area contributed by atoms with Crippen molar-refractivity contribution in [2.24, 2.45) is 12.0 Å². The highest BCUT2D eigenvalue weighted by atomic mass is 35.5. The van der Waals surface area contributed by atoms with Crippen molar-refractivity contribution in [3.8, 4) is 0 Å². The van der Waals surface area contributed by atoms with Crippen LogP contribution in [0.5, 0.6) is 0 Å². The van der Waals surface area contributed by atoms with Gasteiger partial charge in [0.2, 0.25) is 10.0 Å². The predicted octanol–water partition coefficient (Wildman–Crippen LogP) is 4.46. The van der Waals surface area contributed by atoms with E-state index in [2.05, 4.69) is 4.99 Å². The van der Waals surface area contributed by atoms with Gasteiger partial charge in [-0.15, -0.1) is 0 Å². The summed E-state index contributed by atoms with van der Waals surface area (Å²) in [7, 11) is -1.76. The molecule has 0 unspecified atom stereocenters. The lowest BCUT2D eigenvalue weighted by Crippen LogP contribution is -2.35. The number of aryl methyl sites for hydroxylation is 1. The Morgan fingerprint density at radius 2 is 1.73 bits per heavy atom. The molecule has 0 bridgehead atoms. The summed E-state index contributed by atoms with van der Waals surface area (Å²) in [6.07, 6.45) is 2.79. The van der Waals surface area contributed by atoms with Gasteiger partial charge in [-0.3, -0.25) is 4.79 Å². The third-order valence-corrected chi connectivity index (χ3v) is 8.57. The molecule has 0 saturated carbocycles. The van der Waals surface area contributed by atoms with Crippen molar-refractivity contribution in [1.82, 2.24) is 8.87 Å². The summed E-state index contributed by atoms with van der Waals surface area (Å²) in [6, 6.07) is 9.35. The van der Waals surface area contributed by atoms with Crippen LogP contribution in [-0.2, 0) is 17.1 Å². The molecule has 0 spiro atoms. The van der Waals surface area contributed by atoms with Crippen molar-refractivity contribution < 1.29 is 13.2 Å². The molecule has 10 heteroatoms. The number of nitrogens with zero attached hydrogens (tertiary/aromatic N) is 3. The molecule has 6 nitrogen and oxygen atoms in total. The Morgan fingerprint density at radius 3 is 2.40 bits per heavy atom. The summed E-state index contributed by atoms with van der Waals surface area (Å²) in [4.78, 5) is 17.5. The molecule has 0 radical (unpaired) electrons. The van der Waals surface area contributed by atoms with Gasteiger partial charge >= 0.3 is 0 Å². The monoisotopic (exact) mass is 483 g/mol. The number of halogens is 2. The van der Waals surface area contributed by atoms with E-state index in [9.17, 15) is 13.2 Å². The number of carbonyl (C=O) groups excluding carboxylic acids is 1. The van der Waals surface area contributed by atoms with Crippen molar-refractivity contribution in [2.45, 2.75) is 24.2 Å². The van der Waals surface area contributed by atoms with Crippen LogP contribution in [0.4, 0.5) is 0 Å². The van der Waals surface area contributed by atoms with Crippen LogP contribution in [0.25, 0.3) is 10.2 Å². The average molecular weight is 484 g/mol. The first-order chi connectivity index (χ1) is 14.3. The Kier molecular flexibility index (Phi) is 6.05. The van der Waals surface area contributed by atoms with Crippen LogP contribution in [0.1, 0.15) is 29.6 Å². The number of amides is 1. The molecule has 1 aromatic heterocycles. The molecular weight excluding hydrogens is 465 g/mol. The smallest absolute Gasteiger partial charge is 0.279 e. The molecule has 3 aromatic rings. The Balaban J connectivity index is 1.64. The van der Waals surface area contributed by atoms with E-state index in [1.165, 1.54) is 39.9 Å². The van der Waals surface area contributed by atoms with Crippen LogP contribution >= 0.6 is 34.5 Å². The highest BCUT2D eigenvalue weighted by Crippen LogP contribution is 2.29. The van der Waals surface area contributed by atoms with Gasteiger partial charge in [0.05, 0.1) is 20.1 Å². The van der Waals surface area contributed by atoms with E-state index in [0.717, 1.165) is 29.5 Å². The second-order valence-electron chi connectivity index (χ2n) is 7.08. The fourth-order valence-corrected chi connectivity index (χ4v) is 6.82. The molecule has 0 atom stereocenters. The van der Waals surface area contributed by atoms with Crippen molar-refractivity contribution in [2.75, 3.05) is 13.1 Å². The van der Waals surface area contributed by atoms with E-state index >= 15 is 0 Å². The number of fused-ring (bicyclic) bond motifs is 1. The number of rotatable bonds is 3. The topological polar surface area (TPSA) is 71.7 Å². The van der Waals surface area contributed by atoms with Crippen molar-refractivity contribution in [1.29, 1.82) is 0 Å². The lowest BCUT2D eigenvalue weighted by atomic mass is 10.2. The van der Waals surface area contributed by atoms with Crippen LogP contribution in [-0.4, -0.2) is 36.3 Å². The largest absolute Gasteiger partial charge is 0.318 e. The zero-order chi connectivity index (χ0) is 21.5. The second-order valence-corrected chi connectivity index (χ2v) is 10.9. The molecule has 2 aromatic carbocycles. The fourth-order valence-electron chi connectivity index (χ4n) is 3.48. The quantitative estimate of drug-likeness (QED) is 0.551. The summed E-state index contributed by atoms with van der Waals surface area (Å²) >= 11 is 13.6. The van der Waals surface area contributed by atoms with Crippen molar-refractivity contribution >= 4 is 60.7 Å². The lowest BCUT2D eigenvalue weighted by molar-refractivity contribution is 0.0998. The van der Waals surface area contributed by atoms with Gasteiger partial charge in [0.25, 0.3) is 5.91 Å². The van der Waals surface area contributed by atoms with Crippen LogP contribution in [0.3, 0.4) is 0 Å². The van der Waals surface area contributed by atoms with E-state index < -0.39 is 15.9 Å². The lowest BCUT2D eigenvalue weighted by Gasteiger charge is -2.25. The molecule has 1 amide bonds. The van der Waals surface area contributed by atoms with Gasteiger partial charge in [0.1, 0.15) is 0 Å². The van der Waals surface area contributed by atoms with Gasteiger partial charge < -0.3 is 4.57 Å². The molecule has 0 aliphatic carbocycles. The highest BCUT2D eigenvalue weighted by molar-refractivity contribution is 7.89. The molecule has 30 heavy (non-hydrogen) atoms. The van der Waals surface area contributed by atoms with Gasteiger partial charge in [0, 0.05) is 30.7 Å². The van der Waals surface area contributed by atoms with Crippen molar-refractivity contribution in [3.05, 3.63) is 56.8 Å². The first-order valence-corrected chi connectivity index (χ1v) is 12.4. The van der Waals surface area contributed by atoms with Gasteiger partial charge in [-0.1, -0.05) is 41.0 Å². The van der Waals surface area contributed by atoms with Crippen LogP contribution in [0.2, 0.25) is 10.0 Å². The second kappa shape index (κ2) is 8.43. The number of thiazole rings is 1. The Labute approximate surface area is 188 Å². The van der Waals surface area contributed by atoms with Crippen molar-refractivity contribution in [3.63, 3.8) is 0 Å². The number of benzene rings is 2. The van der Waals surface area contributed by atoms with E-state index in [-0.39, 0.29) is 4.90 Å². The number of aromatic nitrogens is 1. The summed E-state index contributed by atoms with van der Waals surface area (Å²) in [5.74, 6) is -0.457. The zero-order valence-electron chi connectivity index (χ0n) is 16.1. The Bertz CT molecular complexity index is 1290. The molecular formula is C20H19Cl2N3O3S2. The standard InChI is InChI=1S/C20H19Cl2N3O3S2/c1-24-18-16(22)11-14(21)12-17(18)29-20(24)23-19(26)13-5-7-15(8-6-13)30(27,28)25-9-3-2-4-10-25/h5-8,11-12H,2-4,9-10H2,1H3. The molecule has 2 heterocycles. The minimum atomic E-state index is -3.53. The predicted molar refractivity (Wildman–Crippen MR) is 120 cm³/mol. The van der Waals surface area contributed by atoms with E-state index in [1.807, 2.05) is 0 Å². The number of sulfonamides is 1. The maximum absolute atomic E-state index is 12.8. The maximum atomic E-state index is 12.8.